The molecule has 0 saturated heterocycles. The van der Waals surface area contributed by atoms with Crippen LogP contribution in [0, 0.1) is 0 Å². The Kier molecular flexibility index (Phi) is 4.41. The zero-order chi connectivity index (χ0) is 13.1. The van der Waals surface area contributed by atoms with Gasteiger partial charge in [0.15, 0.2) is 0 Å². The van der Waals surface area contributed by atoms with Crippen molar-refractivity contribution in [2.75, 3.05) is 12.4 Å². The number of hydrogen-bond acceptors (Lipinski definition) is 3. The average Bonchev–Trinajstić information content (AvgIpc) is 2.29. The summed E-state index contributed by atoms with van der Waals surface area (Å²) in [7, 11) is -2.18. The summed E-state index contributed by atoms with van der Waals surface area (Å²) in [6.07, 6.45) is -2.48. The van der Waals surface area contributed by atoms with E-state index >= 15 is 0 Å². The van der Waals surface area contributed by atoms with Gasteiger partial charge in [0.05, 0.1) is 10.9 Å². The van der Waals surface area contributed by atoms with E-state index in [-0.39, 0.29) is 4.90 Å². The van der Waals surface area contributed by atoms with Gasteiger partial charge in [0.25, 0.3) is 6.43 Å². The molecule has 0 amide bonds. The van der Waals surface area contributed by atoms with Crippen molar-refractivity contribution < 1.29 is 17.2 Å². The van der Waals surface area contributed by atoms with Gasteiger partial charge in [0, 0.05) is 5.69 Å². The lowest BCUT2D eigenvalue weighted by molar-refractivity contribution is 0.130. The van der Waals surface area contributed by atoms with Gasteiger partial charge in [-0.15, -0.1) is 0 Å². The van der Waals surface area contributed by atoms with Crippen LogP contribution in [0.25, 0.3) is 0 Å². The number of hydrogen-bond donors (Lipinski definition) is 2. The largest absolute Gasteiger partial charge is 0.377 e. The van der Waals surface area contributed by atoms with Gasteiger partial charge >= 0.3 is 0 Å². The number of alkyl halides is 2. The molecule has 0 aromatic heterocycles. The molecule has 0 saturated carbocycles. The maximum absolute atomic E-state index is 12.3. The molecule has 4 nitrogen and oxygen atoms in total. The lowest BCUT2D eigenvalue weighted by Gasteiger charge is -2.14. The van der Waals surface area contributed by atoms with Crippen LogP contribution < -0.4 is 10.0 Å². The van der Waals surface area contributed by atoms with E-state index in [1.807, 2.05) is 0 Å². The molecule has 0 aliphatic heterocycles. The molecule has 0 spiro atoms. The number of anilines is 1. The minimum absolute atomic E-state index is 0.0928. The first-order valence-corrected chi connectivity index (χ1v) is 6.43. The second kappa shape index (κ2) is 5.42. The Bertz CT molecular complexity index is 460. The van der Waals surface area contributed by atoms with E-state index in [1.165, 1.54) is 38.2 Å². The Morgan fingerprint density at radius 1 is 1.18 bits per heavy atom. The van der Waals surface area contributed by atoms with Crippen LogP contribution in [0.2, 0.25) is 0 Å². The summed E-state index contributed by atoms with van der Waals surface area (Å²) in [5.41, 5.74) is 0.452. The molecule has 0 heterocycles. The molecular weight excluding hydrogens is 250 g/mol. The Labute approximate surface area is 99.1 Å². The smallest absolute Gasteiger partial charge is 0.258 e. The molecule has 1 unspecified atom stereocenters. The van der Waals surface area contributed by atoms with Crippen molar-refractivity contribution in [2.45, 2.75) is 24.3 Å². The van der Waals surface area contributed by atoms with E-state index in [4.69, 9.17) is 0 Å². The molecule has 0 aliphatic rings. The standard InChI is InChI=1S/C10H14F2N2O2S/c1-7(10(11)12)14-8-3-5-9(6-4-8)17(15,16)13-2/h3-7,10,13-14H,1-2H3. The van der Waals surface area contributed by atoms with Crippen LogP contribution in [0.1, 0.15) is 6.92 Å². The van der Waals surface area contributed by atoms with Crippen molar-refractivity contribution in [1.82, 2.24) is 4.72 Å². The van der Waals surface area contributed by atoms with E-state index in [9.17, 15) is 17.2 Å². The van der Waals surface area contributed by atoms with Gasteiger partial charge in [-0.05, 0) is 38.2 Å². The summed E-state index contributed by atoms with van der Waals surface area (Å²) in [5, 5.41) is 2.57. The van der Waals surface area contributed by atoms with E-state index < -0.39 is 22.5 Å². The fourth-order valence-electron chi connectivity index (χ4n) is 1.17. The summed E-state index contributed by atoms with van der Waals surface area (Å²) in [6.45, 7) is 1.35. The van der Waals surface area contributed by atoms with Crippen molar-refractivity contribution in [3.63, 3.8) is 0 Å². The number of rotatable bonds is 5. The summed E-state index contributed by atoms with van der Waals surface area (Å²) in [4.78, 5) is 0.0928. The molecular formula is C10H14F2N2O2S. The van der Waals surface area contributed by atoms with E-state index in [2.05, 4.69) is 10.0 Å². The highest BCUT2D eigenvalue weighted by Crippen LogP contribution is 2.16. The van der Waals surface area contributed by atoms with Crippen LogP contribution >= 0.6 is 0 Å². The molecule has 0 radical (unpaired) electrons. The Morgan fingerprint density at radius 2 is 1.71 bits per heavy atom. The molecule has 1 aromatic carbocycles. The third-order valence-electron chi connectivity index (χ3n) is 2.21. The van der Waals surface area contributed by atoms with Gasteiger partial charge in [0.2, 0.25) is 10.0 Å². The van der Waals surface area contributed by atoms with E-state index in [0.29, 0.717) is 5.69 Å². The van der Waals surface area contributed by atoms with Crippen LogP contribution in [0.5, 0.6) is 0 Å². The number of benzene rings is 1. The van der Waals surface area contributed by atoms with Crippen LogP contribution in [-0.2, 0) is 10.0 Å². The number of sulfonamides is 1. The van der Waals surface area contributed by atoms with Crippen LogP contribution in [0.3, 0.4) is 0 Å². The molecule has 1 aromatic rings. The molecule has 2 N–H and O–H groups in total. The minimum Gasteiger partial charge on any atom is -0.377 e. The lowest BCUT2D eigenvalue weighted by Crippen LogP contribution is -2.23. The normalized spacial score (nSPS) is 13.7. The molecule has 7 heteroatoms. The maximum Gasteiger partial charge on any atom is 0.258 e. The second-order valence-corrected chi connectivity index (χ2v) is 5.39. The van der Waals surface area contributed by atoms with E-state index in [0.717, 1.165) is 0 Å². The highest BCUT2D eigenvalue weighted by atomic mass is 32.2. The Hall–Kier alpha value is -1.21. The number of halogens is 2. The quantitative estimate of drug-likeness (QED) is 0.850. The fraction of sp³-hybridized carbons (Fsp3) is 0.400. The zero-order valence-electron chi connectivity index (χ0n) is 9.44. The molecule has 0 bridgehead atoms. The predicted molar refractivity (Wildman–Crippen MR) is 61.8 cm³/mol. The molecule has 96 valence electrons. The highest BCUT2D eigenvalue weighted by Gasteiger charge is 2.15. The van der Waals surface area contributed by atoms with Crippen molar-refractivity contribution in [3.8, 4) is 0 Å². The van der Waals surface area contributed by atoms with Gasteiger partial charge in [-0.2, -0.15) is 0 Å². The van der Waals surface area contributed by atoms with Crippen molar-refractivity contribution >= 4 is 15.7 Å². The number of nitrogens with one attached hydrogen (secondary N) is 2. The SMILES string of the molecule is CNS(=O)(=O)c1ccc(NC(C)C(F)F)cc1. The van der Waals surface area contributed by atoms with Crippen LogP contribution in [-0.4, -0.2) is 27.9 Å². The van der Waals surface area contributed by atoms with Crippen molar-refractivity contribution in [2.24, 2.45) is 0 Å². The topological polar surface area (TPSA) is 58.2 Å². The van der Waals surface area contributed by atoms with Crippen molar-refractivity contribution in [1.29, 1.82) is 0 Å². The average molecular weight is 264 g/mol. The Balaban J connectivity index is 2.82. The highest BCUT2D eigenvalue weighted by molar-refractivity contribution is 7.89. The van der Waals surface area contributed by atoms with E-state index in [1.54, 1.807) is 0 Å². The Morgan fingerprint density at radius 3 is 2.12 bits per heavy atom. The second-order valence-electron chi connectivity index (χ2n) is 3.50. The summed E-state index contributed by atoms with van der Waals surface area (Å²) < 4.78 is 49.5. The first kappa shape index (κ1) is 13.9. The minimum atomic E-state index is -3.49. The molecule has 0 fully saturated rings. The molecule has 17 heavy (non-hydrogen) atoms. The van der Waals surface area contributed by atoms with Gasteiger partial charge in [-0.25, -0.2) is 21.9 Å². The van der Waals surface area contributed by atoms with Crippen molar-refractivity contribution in [3.05, 3.63) is 24.3 Å². The summed E-state index contributed by atoms with van der Waals surface area (Å²) >= 11 is 0. The predicted octanol–water partition coefficient (Wildman–Crippen LogP) is 1.66. The van der Waals surface area contributed by atoms with Gasteiger partial charge in [-0.3, -0.25) is 0 Å². The van der Waals surface area contributed by atoms with Gasteiger partial charge in [0.1, 0.15) is 0 Å². The summed E-state index contributed by atoms with van der Waals surface area (Å²) in [6, 6.07) is 4.62. The molecule has 0 aliphatic carbocycles. The maximum atomic E-state index is 12.3. The van der Waals surface area contributed by atoms with Crippen LogP contribution in [0.4, 0.5) is 14.5 Å². The van der Waals surface area contributed by atoms with Gasteiger partial charge < -0.3 is 5.32 Å². The first-order valence-electron chi connectivity index (χ1n) is 4.95. The molecule has 1 rings (SSSR count). The first-order chi connectivity index (χ1) is 7.86. The third-order valence-corrected chi connectivity index (χ3v) is 3.64. The fourth-order valence-corrected chi connectivity index (χ4v) is 1.90. The third kappa shape index (κ3) is 3.64. The monoisotopic (exact) mass is 264 g/mol. The lowest BCUT2D eigenvalue weighted by atomic mass is 10.3. The van der Waals surface area contributed by atoms with Crippen LogP contribution in [0.15, 0.2) is 29.2 Å². The zero-order valence-corrected chi connectivity index (χ0v) is 10.3. The summed E-state index contributed by atoms with van der Waals surface area (Å²) in [5.74, 6) is 0. The molecule has 1 atom stereocenters. The van der Waals surface area contributed by atoms with Gasteiger partial charge in [-0.1, -0.05) is 0 Å².